The van der Waals surface area contributed by atoms with E-state index in [0.717, 1.165) is 58.3 Å². The van der Waals surface area contributed by atoms with Gasteiger partial charge in [0, 0.05) is 61.5 Å². The van der Waals surface area contributed by atoms with Crippen molar-refractivity contribution in [3.8, 4) is 35.4 Å². The van der Waals surface area contributed by atoms with Crippen LogP contribution in [-0.2, 0) is 4.74 Å². The molecule has 2 bridgehead atoms. The Hall–Kier alpha value is -4.04. The van der Waals surface area contributed by atoms with E-state index in [2.05, 4.69) is 31.0 Å². The zero-order valence-corrected chi connectivity index (χ0v) is 24.7. The first-order chi connectivity index (χ1) is 21.4. The largest absolute Gasteiger partial charge is 0.508 e. The van der Waals surface area contributed by atoms with Crippen molar-refractivity contribution in [1.82, 2.24) is 25.2 Å². The number of aromatic nitrogens is 3. The highest BCUT2D eigenvalue weighted by Gasteiger charge is 2.49. The van der Waals surface area contributed by atoms with Gasteiger partial charge in [-0.3, -0.25) is 9.88 Å². The molecule has 0 saturated carbocycles. The Morgan fingerprint density at radius 3 is 2.82 bits per heavy atom. The topological polar surface area (TPSA) is 95.9 Å². The third-order valence-corrected chi connectivity index (χ3v) is 10.1. The van der Waals surface area contributed by atoms with Crippen molar-refractivity contribution in [3.63, 3.8) is 0 Å². The van der Waals surface area contributed by atoms with Gasteiger partial charge in [-0.2, -0.15) is 9.97 Å². The number of hydrogen-bond acceptors (Lipinski definition) is 9. The van der Waals surface area contributed by atoms with Crippen LogP contribution in [0.1, 0.15) is 37.7 Å². The Morgan fingerprint density at radius 1 is 1.18 bits per heavy atom. The number of methoxy groups -OCH3 is 1. The summed E-state index contributed by atoms with van der Waals surface area (Å²) in [4.78, 5) is 18.9. The zero-order chi connectivity index (χ0) is 30.0. The fraction of sp³-hybridized carbons (Fsp3) is 0.441. The quantitative estimate of drug-likeness (QED) is 0.318. The van der Waals surface area contributed by atoms with Crippen LogP contribution in [0.25, 0.3) is 32.9 Å². The van der Waals surface area contributed by atoms with Crippen LogP contribution in [0.3, 0.4) is 0 Å². The summed E-state index contributed by atoms with van der Waals surface area (Å²) in [6.45, 7) is 3.84. The number of halogens is 1. The summed E-state index contributed by atoms with van der Waals surface area (Å²) >= 11 is 0. The molecule has 2 aromatic heterocycles. The predicted molar refractivity (Wildman–Crippen MR) is 166 cm³/mol. The van der Waals surface area contributed by atoms with Crippen LogP contribution in [-0.4, -0.2) is 88.6 Å². The fourth-order valence-corrected chi connectivity index (χ4v) is 8.03. The van der Waals surface area contributed by atoms with Crippen LogP contribution < -0.4 is 15.0 Å². The molecule has 0 amide bonds. The number of ether oxygens (including phenoxy) is 2. The minimum Gasteiger partial charge on any atom is -0.508 e. The Kier molecular flexibility index (Phi) is 6.59. The number of nitrogens with one attached hydrogen (secondary N) is 1. The second kappa shape index (κ2) is 10.5. The monoisotopic (exact) mass is 594 g/mol. The van der Waals surface area contributed by atoms with Crippen LogP contribution in [0.15, 0.2) is 36.5 Å². The molecule has 4 aliphatic heterocycles. The summed E-state index contributed by atoms with van der Waals surface area (Å²) in [6, 6.07) is 9.45. The number of pyridine rings is 1. The Labute approximate surface area is 255 Å². The number of phenolic OH excluding ortho intramolecular Hbond substituents is 1. The number of hydrogen-bond donors (Lipinski definition) is 2. The first-order valence-corrected chi connectivity index (χ1v) is 15.5. The lowest BCUT2D eigenvalue weighted by Gasteiger charge is -2.34. The van der Waals surface area contributed by atoms with Crippen LogP contribution in [0.2, 0.25) is 0 Å². The van der Waals surface area contributed by atoms with Crippen molar-refractivity contribution >= 4 is 27.5 Å². The molecule has 226 valence electrons. The molecule has 10 heteroatoms. The van der Waals surface area contributed by atoms with Crippen LogP contribution in [0.4, 0.5) is 10.2 Å². The smallest absolute Gasteiger partial charge is 0.319 e. The van der Waals surface area contributed by atoms with Crippen molar-refractivity contribution in [2.45, 2.75) is 55.8 Å². The molecular weight excluding hydrogens is 559 g/mol. The average molecular weight is 595 g/mol. The molecule has 2 N–H and O–H groups in total. The molecule has 44 heavy (non-hydrogen) atoms. The van der Waals surface area contributed by atoms with E-state index in [1.807, 2.05) is 12.1 Å². The van der Waals surface area contributed by atoms with Gasteiger partial charge in [-0.1, -0.05) is 18.1 Å². The van der Waals surface area contributed by atoms with Gasteiger partial charge in [0.1, 0.15) is 29.4 Å². The zero-order valence-electron chi connectivity index (χ0n) is 24.7. The first-order valence-electron chi connectivity index (χ1n) is 15.5. The highest BCUT2D eigenvalue weighted by molar-refractivity contribution is 6.02. The maximum atomic E-state index is 16.8. The lowest BCUT2D eigenvalue weighted by molar-refractivity contribution is 0.0997. The number of anilines is 1. The molecular formula is C34H35FN6O3. The summed E-state index contributed by atoms with van der Waals surface area (Å²) in [5.74, 6) is 2.72. The second-order valence-corrected chi connectivity index (χ2v) is 12.7. The van der Waals surface area contributed by atoms with E-state index in [9.17, 15) is 5.11 Å². The third-order valence-electron chi connectivity index (χ3n) is 10.1. The molecule has 4 aromatic rings. The molecule has 2 aromatic carbocycles. The number of rotatable bonds is 6. The minimum atomic E-state index is -0.603. The summed E-state index contributed by atoms with van der Waals surface area (Å²) in [5, 5.41) is 16.1. The van der Waals surface area contributed by atoms with Gasteiger partial charge in [0.25, 0.3) is 0 Å². The molecule has 2 unspecified atom stereocenters. The maximum absolute atomic E-state index is 16.8. The van der Waals surface area contributed by atoms with E-state index in [0.29, 0.717) is 51.8 Å². The summed E-state index contributed by atoms with van der Waals surface area (Å²) in [6.07, 6.45) is 12.8. The van der Waals surface area contributed by atoms with Crippen LogP contribution in [0, 0.1) is 18.2 Å². The maximum Gasteiger partial charge on any atom is 0.319 e. The normalized spacial score (nSPS) is 26.4. The number of nitrogens with zero attached hydrogens (tertiary/aromatic N) is 5. The number of aromatic hydroxyl groups is 1. The van der Waals surface area contributed by atoms with E-state index in [-0.39, 0.29) is 34.6 Å². The van der Waals surface area contributed by atoms with Gasteiger partial charge in [-0.25, -0.2) is 4.39 Å². The number of phenols is 1. The van der Waals surface area contributed by atoms with Crippen molar-refractivity contribution in [2.75, 3.05) is 44.8 Å². The molecule has 4 atom stereocenters. The molecule has 0 spiro atoms. The molecule has 6 heterocycles. The van der Waals surface area contributed by atoms with Gasteiger partial charge in [0.05, 0.1) is 17.0 Å². The SMILES string of the molecule is C#Cc1cccc2cc(O)cc(-c3ncc4c(N5CC6CCC(C5)N6)nc(OC[C@@]56CCCN5C[C@H](OC)C6)nc4c3F)c12. The lowest BCUT2D eigenvalue weighted by atomic mass is 9.94. The summed E-state index contributed by atoms with van der Waals surface area (Å²) in [7, 11) is 1.76. The Balaban J connectivity index is 1.25. The number of terminal acetylenes is 1. The molecule has 8 rings (SSSR count). The standard InChI is InChI=1S/C34H35FN6O3/c1-3-20-6-4-7-21-12-24(42)13-26(28(20)21)30-29(35)31-27(15-36-30)32(40-16-22-8-9-23(17-40)37-22)39-33(38-31)44-19-34-10-5-11-41(34)18-25(14-34)43-2/h1,4,6-7,12-13,15,22-23,25,37,42H,5,8-11,14,16-19H2,2H3/t22?,23?,25-,34+/m1/s1. The molecule has 4 aliphatic rings. The van der Waals surface area contributed by atoms with Gasteiger partial charge >= 0.3 is 6.01 Å². The molecule has 4 fully saturated rings. The van der Waals surface area contributed by atoms with Crippen molar-refractivity contribution < 1.29 is 19.0 Å². The van der Waals surface area contributed by atoms with E-state index in [1.165, 1.54) is 6.07 Å². The van der Waals surface area contributed by atoms with Crippen molar-refractivity contribution in [3.05, 3.63) is 47.9 Å². The number of piperazine rings is 1. The van der Waals surface area contributed by atoms with E-state index >= 15 is 4.39 Å². The molecule has 9 nitrogen and oxygen atoms in total. The van der Waals surface area contributed by atoms with E-state index in [4.69, 9.17) is 20.9 Å². The number of fused-ring (bicyclic) bond motifs is 5. The molecule has 0 aliphatic carbocycles. The van der Waals surface area contributed by atoms with Gasteiger partial charge < -0.3 is 24.8 Å². The third kappa shape index (κ3) is 4.45. The molecule has 0 radical (unpaired) electrons. The average Bonchev–Trinajstić information content (AvgIpc) is 3.70. The van der Waals surface area contributed by atoms with Crippen molar-refractivity contribution in [2.24, 2.45) is 0 Å². The van der Waals surface area contributed by atoms with Gasteiger partial charge in [0.15, 0.2) is 5.82 Å². The van der Waals surface area contributed by atoms with E-state index in [1.54, 1.807) is 25.4 Å². The van der Waals surface area contributed by atoms with Crippen molar-refractivity contribution in [1.29, 1.82) is 0 Å². The van der Waals surface area contributed by atoms with Crippen LogP contribution >= 0.6 is 0 Å². The Morgan fingerprint density at radius 2 is 2.02 bits per heavy atom. The van der Waals surface area contributed by atoms with Gasteiger partial charge in [-0.15, -0.1) is 6.42 Å². The highest BCUT2D eigenvalue weighted by Crippen LogP contribution is 2.41. The highest BCUT2D eigenvalue weighted by atomic mass is 19.1. The summed E-state index contributed by atoms with van der Waals surface area (Å²) in [5.41, 5.74) is 1.07. The van der Waals surface area contributed by atoms with Crippen LogP contribution in [0.5, 0.6) is 11.8 Å². The Bertz CT molecular complexity index is 1820. The minimum absolute atomic E-state index is 0.00189. The molecule has 4 saturated heterocycles. The van der Waals surface area contributed by atoms with Gasteiger partial charge in [0.2, 0.25) is 0 Å². The predicted octanol–water partition coefficient (Wildman–Crippen LogP) is 4.24. The number of benzene rings is 2. The van der Waals surface area contributed by atoms with E-state index < -0.39 is 5.82 Å². The second-order valence-electron chi connectivity index (χ2n) is 12.7. The fourth-order valence-electron chi connectivity index (χ4n) is 8.03. The summed E-state index contributed by atoms with van der Waals surface area (Å²) < 4.78 is 28.9. The van der Waals surface area contributed by atoms with Gasteiger partial charge in [-0.05, 0) is 62.2 Å². The lowest BCUT2D eigenvalue weighted by Crippen LogP contribution is -2.51. The first kappa shape index (κ1) is 27.5.